The average Bonchev–Trinajstić information content (AvgIpc) is 2.42. The highest BCUT2D eigenvalue weighted by atomic mass is 79.9. The van der Waals surface area contributed by atoms with E-state index in [-0.39, 0.29) is 6.61 Å². The molecule has 0 saturated heterocycles. The van der Waals surface area contributed by atoms with E-state index in [2.05, 4.69) is 44.5 Å². The number of hydrogen-bond acceptors (Lipinski definition) is 3. The van der Waals surface area contributed by atoms with Gasteiger partial charge < -0.3 is 5.11 Å². The highest BCUT2D eigenvalue weighted by Gasteiger charge is 1.91. The van der Waals surface area contributed by atoms with E-state index in [1.165, 1.54) is 4.90 Å². The van der Waals surface area contributed by atoms with E-state index in [0.29, 0.717) is 0 Å². The van der Waals surface area contributed by atoms with Gasteiger partial charge in [0.2, 0.25) is 0 Å². The summed E-state index contributed by atoms with van der Waals surface area (Å²) in [5.41, 5.74) is 0. The summed E-state index contributed by atoms with van der Waals surface area (Å²) in [6.45, 7) is 0.237. The van der Waals surface area contributed by atoms with Crippen LogP contribution in [0, 0.1) is 0 Å². The molecule has 0 aromatic heterocycles. The molecule has 0 bridgehead atoms. The van der Waals surface area contributed by atoms with Crippen molar-refractivity contribution in [1.82, 2.24) is 0 Å². The molecule has 0 aliphatic rings. The first-order valence-electron chi connectivity index (χ1n) is 5.55. The second-order valence-electron chi connectivity index (χ2n) is 3.50. The standard InChI is InChI=1S/C8H9BrOS.C6H5BrS/c9-7-1-3-8(4-2-7)11-6-5-10;7-5-1-3-6(8)4-2-5/h1-4,10H,5-6H2;1-4,8H. The van der Waals surface area contributed by atoms with Gasteiger partial charge in [0.1, 0.15) is 0 Å². The number of thioether (sulfide) groups is 1. The first kappa shape index (κ1) is 17.1. The van der Waals surface area contributed by atoms with Gasteiger partial charge >= 0.3 is 0 Å². The van der Waals surface area contributed by atoms with Crippen LogP contribution in [0.2, 0.25) is 0 Å². The number of benzene rings is 2. The van der Waals surface area contributed by atoms with Crippen molar-refractivity contribution in [1.29, 1.82) is 0 Å². The third-order valence-electron chi connectivity index (χ3n) is 2.00. The molecule has 1 nitrogen and oxygen atoms in total. The van der Waals surface area contributed by atoms with Gasteiger partial charge in [0.25, 0.3) is 0 Å². The lowest BCUT2D eigenvalue weighted by molar-refractivity contribution is 0.322. The summed E-state index contributed by atoms with van der Waals surface area (Å²) in [7, 11) is 0. The second kappa shape index (κ2) is 9.88. The van der Waals surface area contributed by atoms with Crippen molar-refractivity contribution in [3.8, 4) is 0 Å². The number of aliphatic hydroxyl groups excluding tert-OH is 1. The Bertz CT molecular complexity index is 451. The Morgan fingerprint density at radius 1 is 0.895 bits per heavy atom. The molecule has 2 rings (SSSR count). The van der Waals surface area contributed by atoms with Crippen LogP contribution in [0.25, 0.3) is 0 Å². The fourth-order valence-electron chi connectivity index (χ4n) is 1.14. The van der Waals surface area contributed by atoms with Crippen LogP contribution in [0.5, 0.6) is 0 Å². The van der Waals surface area contributed by atoms with Gasteiger partial charge in [-0.15, -0.1) is 24.4 Å². The molecular formula is C14H14Br2OS2. The fraction of sp³-hybridized carbons (Fsp3) is 0.143. The van der Waals surface area contributed by atoms with Crippen molar-refractivity contribution in [2.45, 2.75) is 9.79 Å². The maximum absolute atomic E-state index is 8.55. The molecule has 0 unspecified atom stereocenters. The molecule has 5 heteroatoms. The Morgan fingerprint density at radius 3 is 1.79 bits per heavy atom. The third-order valence-corrected chi connectivity index (χ3v) is 4.35. The zero-order valence-electron chi connectivity index (χ0n) is 10.1. The normalized spacial score (nSPS) is 9.68. The minimum atomic E-state index is 0.237. The molecule has 0 saturated carbocycles. The van der Waals surface area contributed by atoms with Crippen LogP contribution < -0.4 is 0 Å². The summed E-state index contributed by atoms with van der Waals surface area (Å²) in [6, 6.07) is 15.9. The van der Waals surface area contributed by atoms with Gasteiger partial charge in [0, 0.05) is 24.5 Å². The summed E-state index contributed by atoms with van der Waals surface area (Å²) in [5.74, 6) is 0.766. The molecule has 0 heterocycles. The molecule has 0 spiro atoms. The van der Waals surface area contributed by atoms with E-state index < -0.39 is 0 Å². The Balaban J connectivity index is 0.000000200. The summed E-state index contributed by atoms with van der Waals surface area (Å²) < 4.78 is 2.18. The molecule has 0 aliphatic heterocycles. The van der Waals surface area contributed by atoms with E-state index in [0.717, 1.165) is 19.6 Å². The molecular weight excluding hydrogens is 408 g/mol. The Labute approximate surface area is 140 Å². The minimum absolute atomic E-state index is 0.237. The number of aliphatic hydroxyl groups is 1. The molecule has 1 N–H and O–H groups in total. The summed E-state index contributed by atoms with van der Waals surface area (Å²) in [6.07, 6.45) is 0. The quantitative estimate of drug-likeness (QED) is 0.519. The number of rotatable bonds is 3. The second-order valence-corrected chi connectivity index (χ2v) is 7.02. The highest BCUT2D eigenvalue weighted by Crippen LogP contribution is 2.19. The fourth-order valence-corrected chi connectivity index (χ4v) is 2.47. The number of halogens is 2. The molecule has 0 amide bonds. The zero-order valence-corrected chi connectivity index (χ0v) is 15.0. The van der Waals surface area contributed by atoms with Crippen LogP contribution in [0.3, 0.4) is 0 Å². The first-order chi connectivity index (χ1) is 9.11. The maximum Gasteiger partial charge on any atom is 0.0525 e. The van der Waals surface area contributed by atoms with Crippen molar-refractivity contribution in [2.75, 3.05) is 12.4 Å². The van der Waals surface area contributed by atoms with Gasteiger partial charge in [0.05, 0.1) is 6.61 Å². The van der Waals surface area contributed by atoms with E-state index >= 15 is 0 Å². The number of thiol groups is 1. The van der Waals surface area contributed by atoms with E-state index in [9.17, 15) is 0 Å². The van der Waals surface area contributed by atoms with Crippen molar-refractivity contribution < 1.29 is 5.11 Å². The topological polar surface area (TPSA) is 20.2 Å². The summed E-state index contributed by atoms with van der Waals surface area (Å²) in [4.78, 5) is 2.19. The van der Waals surface area contributed by atoms with Gasteiger partial charge in [-0.3, -0.25) is 0 Å². The van der Waals surface area contributed by atoms with E-state index in [1.54, 1.807) is 11.8 Å². The van der Waals surface area contributed by atoms with E-state index in [1.807, 2.05) is 48.5 Å². The van der Waals surface area contributed by atoms with E-state index in [4.69, 9.17) is 5.11 Å². The predicted octanol–water partition coefficient (Wildman–Crippen LogP) is 5.27. The largest absolute Gasteiger partial charge is 0.396 e. The van der Waals surface area contributed by atoms with Crippen molar-refractivity contribution >= 4 is 56.3 Å². The summed E-state index contributed by atoms with van der Waals surface area (Å²) >= 11 is 12.4. The van der Waals surface area contributed by atoms with Crippen LogP contribution in [-0.2, 0) is 0 Å². The molecule has 102 valence electrons. The van der Waals surface area contributed by atoms with Gasteiger partial charge in [0.15, 0.2) is 0 Å². The lowest BCUT2D eigenvalue weighted by Crippen LogP contribution is -1.84. The Morgan fingerprint density at radius 2 is 1.37 bits per heavy atom. The number of hydrogen-bond donors (Lipinski definition) is 2. The van der Waals surface area contributed by atoms with Crippen molar-refractivity contribution in [2.24, 2.45) is 0 Å². The Hall–Kier alpha value is 0.0600. The monoisotopic (exact) mass is 420 g/mol. The van der Waals surface area contributed by atoms with Crippen LogP contribution in [0.4, 0.5) is 0 Å². The first-order valence-corrected chi connectivity index (χ1v) is 8.57. The van der Waals surface area contributed by atoms with Crippen LogP contribution in [-0.4, -0.2) is 17.5 Å². The lowest BCUT2D eigenvalue weighted by atomic mass is 10.4. The third kappa shape index (κ3) is 8.05. The highest BCUT2D eigenvalue weighted by molar-refractivity contribution is 9.10. The molecule has 0 fully saturated rings. The van der Waals surface area contributed by atoms with Crippen molar-refractivity contribution in [3.63, 3.8) is 0 Å². The Kier molecular flexibility index (Phi) is 8.90. The molecule has 2 aromatic rings. The zero-order chi connectivity index (χ0) is 14.1. The maximum atomic E-state index is 8.55. The van der Waals surface area contributed by atoms with Crippen molar-refractivity contribution in [3.05, 3.63) is 57.5 Å². The molecule has 0 radical (unpaired) electrons. The lowest BCUT2D eigenvalue weighted by Gasteiger charge is -1.97. The van der Waals surface area contributed by atoms with Gasteiger partial charge in [-0.05, 0) is 48.5 Å². The van der Waals surface area contributed by atoms with Crippen LogP contribution >= 0.6 is 56.3 Å². The van der Waals surface area contributed by atoms with Crippen LogP contribution in [0.1, 0.15) is 0 Å². The minimum Gasteiger partial charge on any atom is -0.396 e. The van der Waals surface area contributed by atoms with Gasteiger partial charge in [-0.1, -0.05) is 31.9 Å². The van der Waals surface area contributed by atoms with Crippen LogP contribution in [0.15, 0.2) is 67.3 Å². The predicted molar refractivity (Wildman–Crippen MR) is 93.3 cm³/mol. The molecule has 0 aliphatic carbocycles. The molecule has 2 aromatic carbocycles. The molecule has 0 atom stereocenters. The smallest absolute Gasteiger partial charge is 0.0525 e. The SMILES string of the molecule is OCCSc1ccc(Br)cc1.Sc1ccc(Br)cc1. The van der Waals surface area contributed by atoms with Gasteiger partial charge in [-0.2, -0.15) is 0 Å². The van der Waals surface area contributed by atoms with Gasteiger partial charge in [-0.25, -0.2) is 0 Å². The average molecular weight is 422 g/mol. The summed E-state index contributed by atoms with van der Waals surface area (Å²) in [5, 5.41) is 8.55. The molecule has 19 heavy (non-hydrogen) atoms.